The number of fused-ring (bicyclic) bond motifs is 2. The Kier molecular flexibility index (Phi) is 18.5. The molecule has 4 aliphatic rings. The topological polar surface area (TPSA) is 200 Å². The Morgan fingerprint density at radius 1 is 0.688 bits per heavy atom. The van der Waals surface area contributed by atoms with Crippen LogP contribution in [0.4, 0.5) is 0 Å². The number of methoxy groups -OCH3 is 1. The predicted molar refractivity (Wildman–Crippen MR) is 240 cm³/mol. The number of hydrogen-bond donors (Lipinski definition) is 3. The molecule has 3 N–H and O–H groups in total. The summed E-state index contributed by atoms with van der Waals surface area (Å²) < 4.78 is 21.8. The number of allylic oxidation sites excluding steroid dienone is 2. The monoisotopic (exact) mass is 897 g/mol. The van der Waals surface area contributed by atoms with Crippen LogP contribution in [0.25, 0.3) is 0 Å². The average molecular weight is 897 g/mol. The van der Waals surface area contributed by atoms with Gasteiger partial charge in [-0.15, -0.1) is 0 Å². The molecule has 64 heavy (non-hydrogen) atoms. The Hall–Kier alpha value is -3.94. The van der Waals surface area contributed by atoms with Crippen molar-refractivity contribution in [2.45, 2.75) is 145 Å². The summed E-state index contributed by atoms with van der Waals surface area (Å²) in [6.45, 7) is 19.1. The van der Waals surface area contributed by atoms with E-state index in [0.29, 0.717) is 24.0 Å². The fourth-order valence-electron chi connectivity index (χ4n) is 12.2. The maximum atomic E-state index is 14.4. The normalized spacial score (nSPS) is 35.8. The number of aliphatic hydroxyl groups is 3. The fraction of sp³-hybridized carbons (Fsp3) is 0.725. The molecule has 0 heterocycles. The van der Waals surface area contributed by atoms with Crippen molar-refractivity contribution in [3.05, 3.63) is 47.6 Å². The molecule has 16 atom stereocenters. The second-order valence-corrected chi connectivity index (χ2v) is 19.9. The van der Waals surface area contributed by atoms with Gasteiger partial charge in [-0.05, 0) is 74.0 Å². The summed E-state index contributed by atoms with van der Waals surface area (Å²) in [4.78, 5) is 78.8. The van der Waals surface area contributed by atoms with Crippen molar-refractivity contribution in [3.8, 4) is 0 Å². The minimum atomic E-state index is -1.07. The van der Waals surface area contributed by atoms with Crippen molar-refractivity contribution >= 4 is 35.4 Å². The Morgan fingerprint density at radius 3 is 1.48 bits per heavy atom. The van der Waals surface area contributed by atoms with E-state index in [4.69, 9.17) is 14.2 Å². The molecular formula is C51H76O13. The number of Topliss-reactive ketones (excluding diaryl/α,β-unsaturated/α-hetero) is 2. The molecule has 358 valence electrons. The van der Waals surface area contributed by atoms with Gasteiger partial charge in [0.2, 0.25) is 0 Å². The minimum Gasteiger partial charge on any atom is -0.469 e. The second-order valence-electron chi connectivity index (χ2n) is 19.9. The highest BCUT2D eigenvalue weighted by Crippen LogP contribution is 2.58. The third-order valence-electron chi connectivity index (χ3n) is 15.6. The van der Waals surface area contributed by atoms with Crippen molar-refractivity contribution in [2.75, 3.05) is 20.3 Å². The van der Waals surface area contributed by atoms with E-state index in [1.54, 1.807) is 13.8 Å². The molecule has 2 fully saturated rings. The van der Waals surface area contributed by atoms with Crippen LogP contribution < -0.4 is 0 Å². The van der Waals surface area contributed by atoms with Gasteiger partial charge in [0.15, 0.2) is 0 Å². The first-order valence-corrected chi connectivity index (χ1v) is 23.5. The van der Waals surface area contributed by atoms with Crippen molar-refractivity contribution in [1.29, 1.82) is 0 Å². The zero-order chi connectivity index (χ0) is 47.8. The maximum Gasteiger partial charge on any atom is 0.331 e. The van der Waals surface area contributed by atoms with Crippen molar-refractivity contribution < 1.29 is 63.0 Å². The Morgan fingerprint density at radius 2 is 1.09 bits per heavy atom. The predicted octanol–water partition coefficient (Wildman–Crippen LogP) is 6.85. The fourth-order valence-corrected chi connectivity index (χ4v) is 12.2. The molecule has 4 aliphatic carbocycles. The van der Waals surface area contributed by atoms with Crippen molar-refractivity contribution in [3.63, 3.8) is 0 Å². The first-order chi connectivity index (χ1) is 30.1. The van der Waals surface area contributed by atoms with Crippen LogP contribution in [0.5, 0.6) is 0 Å². The smallest absolute Gasteiger partial charge is 0.331 e. The van der Waals surface area contributed by atoms with Gasteiger partial charge in [-0.25, -0.2) is 9.59 Å². The van der Waals surface area contributed by atoms with Crippen molar-refractivity contribution in [2.24, 2.45) is 70.0 Å². The van der Waals surface area contributed by atoms with Gasteiger partial charge < -0.3 is 34.3 Å². The van der Waals surface area contributed by atoms with Crippen LogP contribution in [0, 0.1) is 70.0 Å². The molecule has 0 saturated heterocycles. The van der Waals surface area contributed by atoms with Crippen LogP contribution in [0.1, 0.15) is 121 Å². The van der Waals surface area contributed by atoms with Crippen LogP contribution in [0.15, 0.2) is 47.6 Å². The van der Waals surface area contributed by atoms with Gasteiger partial charge in [-0.2, -0.15) is 0 Å². The third-order valence-corrected chi connectivity index (χ3v) is 15.6. The lowest BCUT2D eigenvalue weighted by atomic mass is 9.49. The lowest BCUT2D eigenvalue weighted by Crippen LogP contribution is -2.58. The highest BCUT2D eigenvalue weighted by molar-refractivity contribution is 5.88. The highest BCUT2D eigenvalue weighted by atomic mass is 16.6. The van der Waals surface area contributed by atoms with Crippen LogP contribution in [0.2, 0.25) is 0 Å². The molecule has 0 bridgehead atoms. The van der Waals surface area contributed by atoms with Crippen LogP contribution in [-0.4, -0.2) is 95.5 Å². The van der Waals surface area contributed by atoms with Gasteiger partial charge in [0.25, 0.3) is 0 Å². The number of ketones is 2. The van der Waals surface area contributed by atoms with E-state index in [1.165, 1.54) is 19.3 Å². The lowest BCUT2D eigenvalue weighted by Gasteiger charge is -2.55. The molecule has 4 rings (SSSR count). The van der Waals surface area contributed by atoms with E-state index in [-0.39, 0.29) is 97.8 Å². The lowest BCUT2D eigenvalue weighted by molar-refractivity contribution is -0.172. The zero-order valence-electron chi connectivity index (χ0n) is 40.0. The number of carbonyl (C=O) groups is 6. The summed E-state index contributed by atoms with van der Waals surface area (Å²) in [5, 5.41) is 32.9. The molecular weight excluding hydrogens is 821 g/mol. The molecule has 13 heteroatoms. The van der Waals surface area contributed by atoms with Gasteiger partial charge in [-0.1, -0.05) is 104 Å². The third kappa shape index (κ3) is 11.3. The van der Waals surface area contributed by atoms with Gasteiger partial charge in [-0.3, -0.25) is 19.2 Å². The molecule has 0 radical (unpaired) electrons. The molecule has 0 aromatic heterocycles. The van der Waals surface area contributed by atoms with Gasteiger partial charge in [0, 0.05) is 54.3 Å². The largest absolute Gasteiger partial charge is 0.469 e. The van der Waals surface area contributed by atoms with Crippen molar-refractivity contribution in [1.82, 2.24) is 0 Å². The van der Waals surface area contributed by atoms with Crippen LogP contribution >= 0.6 is 0 Å². The Bertz CT molecular complexity index is 1830. The minimum absolute atomic E-state index is 0.0259. The summed E-state index contributed by atoms with van der Waals surface area (Å²) in [6.07, 6.45) is 8.67. The summed E-state index contributed by atoms with van der Waals surface area (Å²) in [5.41, 5.74) is -0.882. The number of esters is 4. The first kappa shape index (κ1) is 52.7. The van der Waals surface area contributed by atoms with E-state index in [9.17, 15) is 44.1 Å². The maximum absolute atomic E-state index is 14.4. The molecule has 2 saturated carbocycles. The van der Waals surface area contributed by atoms with Gasteiger partial charge in [0.05, 0.1) is 38.8 Å². The molecule has 0 spiro atoms. The van der Waals surface area contributed by atoms with E-state index in [2.05, 4.69) is 32.4 Å². The van der Waals surface area contributed by atoms with Gasteiger partial charge >= 0.3 is 23.9 Å². The van der Waals surface area contributed by atoms with Crippen LogP contribution in [-0.2, 0) is 47.7 Å². The highest BCUT2D eigenvalue weighted by Gasteiger charge is 2.59. The van der Waals surface area contributed by atoms with E-state index in [1.807, 2.05) is 52.0 Å². The van der Waals surface area contributed by atoms with E-state index >= 15 is 0 Å². The molecule has 0 aromatic rings. The quantitative estimate of drug-likeness (QED) is 0.0527. The molecule has 0 amide bonds. The van der Waals surface area contributed by atoms with E-state index in [0.717, 1.165) is 12.8 Å². The summed E-state index contributed by atoms with van der Waals surface area (Å²) in [5.74, 6) is -4.08. The Labute approximate surface area is 380 Å². The number of carbonyl (C=O) groups excluding carboxylic acids is 6. The number of ether oxygens (including phenoxy) is 4. The SMILES string of the molecule is CC[C@@H](C)[C@H]1C=C[C@H]2[C@H](O)[C@H](OC(=O)/C=C(\C)CC(=O)OCCC(=O)[C@]3(C)[C@@H]4[C@@H](C=C[C@@H]3[C@H](C)CC)[C@H](O)[C@H](OC(=O)/C=C(\C)CC(=O)OC)C[C@H]4C)C[C@@H](C)[C@@H]2[C@@]1(C)C(=O)CCO. The molecule has 13 nitrogen and oxygen atoms in total. The Balaban J connectivity index is 1.38. The molecule has 0 aliphatic heterocycles. The average Bonchev–Trinajstić information content (AvgIpc) is 3.23. The first-order valence-electron chi connectivity index (χ1n) is 23.5. The summed E-state index contributed by atoms with van der Waals surface area (Å²) >= 11 is 0. The summed E-state index contributed by atoms with van der Waals surface area (Å²) in [7, 11) is 1.27. The second kappa shape index (κ2) is 22.5. The number of hydrogen-bond acceptors (Lipinski definition) is 13. The van der Waals surface area contributed by atoms with Gasteiger partial charge in [0.1, 0.15) is 23.8 Å². The standard InChI is InChI=1S/C51H76O13/c1-12-30(5)36-16-14-34-46(50(36,9)40(53)18-20-52)32(7)26-38(48(34)59)64-45(58)25-29(4)23-43(56)62-21-19-41(54)51(10)37(31(6)13-2)17-15-35-47(51)33(8)27-39(49(35)60)63-44(57)24-28(3)22-42(55)61-11/h14-17,24-25,30-39,46-49,52,59-60H,12-13,18-23,26-27H2,1-11H3/b28-24+,29-25+/t30-,31-,32-,33-,34-,35-,36-,37-,38-,39-,46+,47+,48+,49+,50-,51-/m1/s1. The summed E-state index contributed by atoms with van der Waals surface area (Å²) in [6, 6.07) is 0. The molecule has 0 aromatic carbocycles. The number of rotatable bonds is 19. The van der Waals surface area contributed by atoms with Crippen LogP contribution in [0.3, 0.4) is 0 Å². The number of aliphatic hydroxyl groups excluding tert-OH is 3. The van der Waals surface area contributed by atoms with E-state index < -0.39 is 71.0 Å². The zero-order valence-corrected chi connectivity index (χ0v) is 40.0. The molecule has 0 unspecified atom stereocenters.